The Morgan fingerprint density at radius 3 is 3.29 bits per heavy atom. The Morgan fingerprint density at radius 1 is 1.59 bits per heavy atom. The van der Waals surface area contributed by atoms with Crippen LogP contribution in [-0.2, 0) is 6.54 Å². The molecule has 0 aromatic carbocycles. The van der Waals surface area contributed by atoms with E-state index in [1.54, 1.807) is 6.07 Å². The van der Waals surface area contributed by atoms with Gasteiger partial charge in [0.1, 0.15) is 0 Å². The van der Waals surface area contributed by atoms with Crippen LogP contribution < -0.4 is 10.7 Å². The molecule has 0 radical (unpaired) electrons. The molecule has 3 heterocycles. The Labute approximate surface area is 101 Å². The number of aromatic nitrogens is 1. The van der Waals surface area contributed by atoms with Gasteiger partial charge >= 0.3 is 0 Å². The predicted molar refractivity (Wildman–Crippen MR) is 68.2 cm³/mol. The highest BCUT2D eigenvalue weighted by Crippen LogP contribution is 2.36. The van der Waals surface area contributed by atoms with Gasteiger partial charge in [0, 0.05) is 42.5 Å². The molecule has 2 bridgehead atoms. The van der Waals surface area contributed by atoms with Gasteiger partial charge in [-0.3, -0.25) is 4.79 Å². The first-order chi connectivity index (χ1) is 8.28. The van der Waals surface area contributed by atoms with E-state index in [0.29, 0.717) is 17.9 Å². The van der Waals surface area contributed by atoms with Crippen molar-refractivity contribution in [2.45, 2.75) is 31.3 Å². The molecular weight excluding hydrogens is 212 g/mol. The van der Waals surface area contributed by atoms with Crippen molar-refractivity contribution in [2.75, 3.05) is 6.54 Å². The van der Waals surface area contributed by atoms with E-state index in [9.17, 15) is 4.79 Å². The van der Waals surface area contributed by atoms with Gasteiger partial charge in [0.15, 0.2) is 5.43 Å². The summed E-state index contributed by atoms with van der Waals surface area (Å²) in [6.45, 7) is 5.95. The van der Waals surface area contributed by atoms with Crippen molar-refractivity contribution >= 4 is 0 Å². The Bertz CT molecular complexity index is 491. The Hall–Kier alpha value is -1.35. The van der Waals surface area contributed by atoms with E-state index in [-0.39, 0.29) is 5.43 Å². The molecule has 1 N–H and O–H groups in total. The van der Waals surface area contributed by atoms with Crippen LogP contribution in [0.15, 0.2) is 35.8 Å². The van der Waals surface area contributed by atoms with Crippen molar-refractivity contribution in [3.63, 3.8) is 0 Å². The van der Waals surface area contributed by atoms with Gasteiger partial charge in [0.2, 0.25) is 0 Å². The molecule has 3 nitrogen and oxygen atoms in total. The van der Waals surface area contributed by atoms with Gasteiger partial charge in [0.05, 0.1) is 0 Å². The maximum absolute atomic E-state index is 11.5. The number of hydrogen-bond donors (Lipinski definition) is 1. The summed E-state index contributed by atoms with van der Waals surface area (Å²) in [6.07, 6.45) is 6.10. The quantitative estimate of drug-likeness (QED) is 0.781. The second-order valence-corrected chi connectivity index (χ2v) is 5.19. The molecular formula is C14H18N2O. The molecule has 0 spiro atoms. The molecule has 3 rings (SSSR count). The highest BCUT2D eigenvalue weighted by atomic mass is 16.1. The predicted octanol–water partition coefficient (Wildman–Crippen LogP) is 1.50. The second-order valence-electron chi connectivity index (χ2n) is 5.19. The van der Waals surface area contributed by atoms with E-state index in [1.165, 1.54) is 12.1 Å². The Kier molecular flexibility index (Phi) is 2.63. The van der Waals surface area contributed by atoms with Crippen LogP contribution in [0.3, 0.4) is 0 Å². The molecule has 3 atom stereocenters. The summed E-state index contributed by atoms with van der Waals surface area (Å²) in [5.74, 6) is 1.17. The lowest BCUT2D eigenvalue weighted by Gasteiger charge is -2.42. The molecule has 3 heteroatoms. The van der Waals surface area contributed by atoms with E-state index in [1.807, 2.05) is 18.3 Å². The summed E-state index contributed by atoms with van der Waals surface area (Å²) in [7, 11) is 0. The number of hydrogen-bond acceptors (Lipinski definition) is 2. The Balaban J connectivity index is 2.02. The van der Waals surface area contributed by atoms with Crippen molar-refractivity contribution in [2.24, 2.45) is 5.92 Å². The molecule has 1 aromatic heterocycles. The molecule has 17 heavy (non-hydrogen) atoms. The second kappa shape index (κ2) is 4.15. The van der Waals surface area contributed by atoms with Gasteiger partial charge < -0.3 is 9.88 Å². The number of nitrogens with zero attached hydrogens (tertiary/aromatic N) is 1. The molecule has 1 fully saturated rings. The summed E-state index contributed by atoms with van der Waals surface area (Å²) in [4.78, 5) is 11.5. The topological polar surface area (TPSA) is 34.0 Å². The van der Waals surface area contributed by atoms with Crippen LogP contribution in [0.2, 0.25) is 0 Å². The van der Waals surface area contributed by atoms with Crippen molar-refractivity contribution in [1.29, 1.82) is 0 Å². The zero-order valence-corrected chi connectivity index (χ0v) is 9.93. The van der Waals surface area contributed by atoms with Crippen LogP contribution in [0.4, 0.5) is 0 Å². The van der Waals surface area contributed by atoms with E-state index in [4.69, 9.17) is 0 Å². The first-order valence-corrected chi connectivity index (χ1v) is 6.32. The fourth-order valence-corrected chi connectivity index (χ4v) is 3.25. The zero-order valence-electron chi connectivity index (χ0n) is 9.93. The normalized spacial score (nSPS) is 30.7. The van der Waals surface area contributed by atoms with Crippen LogP contribution in [0.25, 0.3) is 0 Å². The fourth-order valence-electron chi connectivity index (χ4n) is 3.25. The first-order valence-electron chi connectivity index (χ1n) is 6.32. The molecule has 0 saturated carbocycles. The molecule has 2 aliphatic rings. The standard InChI is InChI=1S/C14H18N2O/c1-2-3-13-12-6-10(8-15-13)9-16-5-4-11(17)7-14(12)16/h2,4-5,7,10,12-13,15H,1,3,6,8-9H2. The smallest absolute Gasteiger partial charge is 0.181 e. The van der Waals surface area contributed by atoms with Gasteiger partial charge in [-0.25, -0.2) is 0 Å². The lowest BCUT2D eigenvalue weighted by molar-refractivity contribution is 0.210. The largest absolute Gasteiger partial charge is 0.350 e. The highest BCUT2D eigenvalue weighted by Gasteiger charge is 2.35. The lowest BCUT2D eigenvalue weighted by Crippen LogP contribution is -2.49. The molecule has 3 unspecified atom stereocenters. The summed E-state index contributed by atoms with van der Waals surface area (Å²) in [6, 6.07) is 3.92. The highest BCUT2D eigenvalue weighted by molar-refractivity contribution is 5.19. The maximum atomic E-state index is 11.5. The number of fused-ring (bicyclic) bond motifs is 4. The van der Waals surface area contributed by atoms with Crippen molar-refractivity contribution in [3.05, 3.63) is 46.9 Å². The lowest BCUT2D eigenvalue weighted by atomic mass is 9.78. The van der Waals surface area contributed by atoms with Crippen LogP contribution in [0.1, 0.15) is 24.5 Å². The molecule has 1 aromatic rings. The number of pyridine rings is 1. The van der Waals surface area contributed by atoms with Crippen LogP contribution in [0.5, 0.6) is 0 Å². The van der Waals surface area contributed by atoms with Crippen LogP contribution in [0, 0.1) is 5.92 Å². The average Bonchev–Trinajstić information content (AvgIpc) is 2.34. The maximum Gasteiger partial charge on any atom is 0.181 e. The summed E-state index contributed by atoms with van der Waals surface area (Å²) in [5.41, 5.74) is 1.32. The SMILES string of the molecule is C=CCC1NCC2CC1c1cc(=O)ccn1C2. The van der Waals surface area contributed by atoms with Gasteiger partial charge in [-0.1, -0.05) is 6.08 Å². The molecule has 0 amide bonds. The number of nitrogens with one attached hydrogen (secondary N) is 1. The van der Waals surface area contributed by atoms with E-state index >= 15 is 0 Å². The van der Waals surface area contributed by atoms with Gasteiger partial charge in [0.25, 0.3) is 0 Å². The molecule has 90 valence electrons. The summed E-state index contributed by atoms with van der Waals surface area (Å²) in [5, 5.41) is 3.60. The van der Waals surface area contributed by atoms with Gasteiger partial charge in [-0.2, -0.15) is 0 Å². The minimum absolute atomic E-state index is 0.123. The van der Waals surface area contributed by atoms with Crippen molar-refractivity contribution in [3.8, 4) is 0 Å². The van der Waals surface area contributed by atoms with E-state index in [0.717, 1.165) is 19.5 Å². The summed E-state index contributed by atoms with van der Waals surface area (Å²) < 4.78 is 2.26. The number of rotatable bonds is 2. The fraction of sp³-hybridized carbons (Fsp3) is 0.500. The number of piperidine rings is 1. The zero-order chi connectivity index (χ0) is 11.8. The van der Waals surface area contributed by atoms with Gasteiger partial charge in [-0.05, 0) is 25.3 Å². The third-order valence-electron chi connectivity index (χ3n) is 4.04. The monoisotopic (exact) mass is 230 g/mol. The first kappa shape index (κ1) is 10.8. The summed E-state index contributed by atoms with van der Waals surface area (Å²) >= 11 is 0. The molecule has 0 aliphatic carbocycles. The molecule has 2 aliphatic heterocycles. The van der Waals surface area contributed by atoms with Crippen molar-refractivity contribution in [1.82, 2.24) is 9.88 Å². The van der Waals surface area contributed by atoms with Crippen LogP contribution in [-0.4, -0.2) is 17.2 Å². The minimum Gasteiger partial charge on any atom is -0.350 e. The minimum atomic E-state index is 0.123. The van der Waals surface area contributed by atoms with E-state index < -0.39 is 0 Å². The van der Waals surface area contributed by atoms with Crippen LogP contribution >= 0.6 is 0 Å². The van der Waals surface area contributed by atoms with Crippen molar-refractivity contribution < 1.29 is 0 Å². The average molecular weight is 230 g/mol. The molecule has 1 saturated heterocycles. The third kappa shape index (κ3) is 1.84. The Morgan fingerprint density at radius 2 is 2.47 bits per heavy atom. The third-order valence-corrected chi connectivity index (χ3v) is 4.04. The van der Waals surface area contributed by atoms with E-state index in [2.05, 4.69) is 16.5 Å². The van der Waals surface area contributed by atoms with Gasteiger partial charge in [-0.15, -0.1) is 6.58 Å².